The summed E-state index contributed by atoms with van der Waals surface area (Å²) in [5.41, 5.74) is 5.77. The lowest BCUT2D eigenvalue weighted by Crippen LogP contribution is -1.97. The summed E-state index contributed by atoms with van der Waals surface area (Å²) in [4.78, 5) is 0. The zero-order valence-corrected chi connectivity index (χ0v) is 21.5. The molecule has 6 aromatic rings. The van der Waals surface area contributed by atoms with Gasteiger partial charge in [0, 0.05) is 13.1 Å². The molecule has 2 nitrogen and oxygen atoms in total. The first-order chi connectivity index (χ1) is 15.9. The molecular formula is C26H28N2S4. The van der Waals surface area contributed by atoms with E-state index in [1.165, 1.54) is 105 Å². The van der Waals surface area contributed by atoms with E-state index in [0.717, 1.165) is 0 Å². The van der Waals surface area contributed by atoms with Crippen LogP contribution < -0.4 is 0 Å². The van der Waals surface area contributed by atoms with Crippen LogP contribution in [0.5, 0.6) is 0 Å². The van der Waals surface area contributed by atoms with Crippen molar-refractivity contribution in [1.29, 1.82) is 0 Å². The van der Waals surface area contributed by atoms with Crippen molar-refractivity contribution in [3.8, 4) is 0 Å². The van der Waals surface area contributed by atoms with E-state index in [2.05, 4.69) is 54.9 Å². The van der Waals surface area contributed by atoms with Gasteiger partial charge in [-0.3, -0.25) is 0 Å². The van der Waals surface area contributed by atoms with Gasteiger partial charge in [-0.25, -0.2) is 0 Å². The second kappa shape index (κ2) is 9.34. The van der Waals surface area contributed by atoms with Gasteiger partial charge in [0.15, 0.2) is 0 Å². The van der Waals surface area contributed by atoms with Crippen molar-refractivity contribution in [1.82, 2.24) is 9.13 Å². The molecule has 0 aliphatic heterocycles. The molecule has 32 heavy (non-hydrogen) atoms. The smallest absolute Gasteiger partial charge is 0.0700 e. The minimum atomic E-state index is 1.17. The maximum absolute atomic E-state index is 2.55. The number of hydrogen-bond acceptors (Lipinski definition) is 4. The van der Waals surface area contributed by atoms with E-state index < -0.39 is 0 Å². The summed E-state index contributed by atoms with van der Waals surface area (Å²) < 4.78 is 11.0. The van der Waals surface area contributed by atoms with Crippen molar-refractivity contribution < 1.29 is 0 Å². The number of thiophene rings is 4. The number of rotatable bonds is 11. The minimum Gasteiger partial charge on any atom is -0.339 e. The van der Waals surface area contributed by atoms with Gasteiger partial charge in [0.05, 0.1) is 40.9 Å². The van der Waals surface area contributed by atoms with Crippen LogP contribution in [0, 0.1) is 0 Å². The summed E-state index contributed by atoms with van der Waals surface area (Å²) >= 11 is 7.56. The predicted molar refractivity (Wildman–Crippen MR) is 147 cm³/mol. The highest BCUT2D eigenvalue weighted by Gasteiger charge is 2.13. The highest BCUT2D eigenvalue weighted by Crippen LogP contribution is 2.37. The Morgan fingerprint density at radius 3 is 1.00 bits per heavy atom. The van der Waals surface area contributed by atoms with Crippen LogP contribution in [0.2, 0.25) is 0 Å². The molecular weight excluding hydrogens is 469 g/mol. The maximum Gasteiger partial charge on any atom is 0.0700 e. The van der Waals surface area contributed by atoms with Crippen molar-refractivity contribution in [2.24, 2.45) is 0 Å². The summed E-state index contributed by atoms with van der Waals surface area (Å²) in [7, 11) is 0. The molecule has 0 atom stereocenters. The number of fused-ring (bicyclic) bond motifs is 6. The summed E-state index contributed by atoms with van der Waals surface area (Å²) in [6.45, 7) is 2.33. The van der Waals surface area contributed by atoms with Gasteiger partial charge < -0.3 is 9.13 Å². The highest BCUT2D eigenvalue weighted by atomic mass is 32.1. The Bertz CT molecular complexity index is 1240. The van der Waals surface area contributed by atoms with Crippen molar-refractivity contribution in [2.45, 2.75) is 64.5 Å². The summed E-state index contributed by atoms with van der Waals surface area (Å²) in [5.74, 6) is 0. The molecule has 0 spiro atoms. The third-order valence-electron chi connectivity index (χ3n) is 6.67. The fraction of sp³-hybridized carbons (Fsp3) is 0.385. The summed E-state index contributed by atoms with van der Waals surface area (Å²) in [6, 6.07) is 9.20. The largest absolute Gasteiger partial charge is 0.339 e. The summed E-state index contributed by atoms with van der Waals surface area (Å²) in [5, 5.41) is 8.95. The minimum absolute atomic E-state index is 1.17. The maximum atomic E-state index is 2.55. The van der Waals surface area contributed by atoms with Crippen LogP contribution in [0.15, 0.2) is 45.8 Å². The van der Waals surface area contributed by atoms with Gasteiger partial charge in [0.25, 0.3) is 0 Å². The fourth-order valence-electron chi connectivity index (χ4n) is 5.08. The zero-order valence-electron chi connectivity index (χ0n) is 18.2. The molecule has 6 heteroatoms. The van der Waals surface area contributed by atoms with Crippen molar-refractivity contribution in [3.05, 3.63) is 45.8 Å². The molecule has 0 radical (unpaired) electrons. The first-order valence-electron chi connectivity index (χ1n) is 11.8. The second-order valence-corrected chi connectivity index (χ2v) is 12.3. The van der Waals surface area contributed by atoms with Crippen LogP contribution in [-0.4, -0.2) is 9.13 Å². The molecule has 0 aliphatic carbocycles. The number of aryl methyl sites for hydroxylation is 2. The quantitative estimate of drug-likeness (QED) is 0.158. The molecule has 6 heterocycles. The molecule has 0 saturated carbocycles. The molecule has 0 fully saturated rings. The van der Waals surface area contributed by atoms with Gasteiger partial charge in [0.2, 0.25) is 0 Å². The molecule has 0 aromatic carbocycles. The van der Waals surface area contributed by atoms with E-state index in [0.29, 0.717) is 0 Å². The standard InChI is InChI=1S/C26H28N2S4/c1(3-5-7-13-27-19-9-15-29-23(19)24-20(27)10-16-30-24)2-4-6-8-14-28-21-11-17-31-25(21)26-22(28)12-18-32-26/h9-12,15-18H,1-8,13-14H2. The highest BCUT2D eigenvalue weighted by molar-refractivity contribution is 7.26. The van der Waals surface area contributed by atoms with E-state index in [4.69, 9.17) is 0 Å². The Morgan fingerprint density at radius 1 is 0.406 bits per heavy atom. The molecule has 166 valence electrons. The van der Waals surface area contributed by atoms with Gasteiger partial charge in [0.1, 0.15) is 0 Å². The van der Waals surface area contributed by atoms with Gasteiger partial charge >= 0.3 is 0 Å². The predicted octanol–water partition coefficient (Wildman–Crippen LogP) is 9.97. The van der Waals surface area contributed by atoms with Crippen LogP contribution in [0.1, 0.15) is 51.4 Å². The van der Waals surface area contributed by atoms with Gasteiger partial charge in [-0.05, 0) is 58.6 Å². The van der Waals surface area contributed by atoms with Crippen LogP contribution in [0.25, 0.3) is 40.9 Å². The Labute approximate surface area is 204 Å². The van der Waals surface area contributed by atoms with Crippen LogP contribution >= 0.6 is 45.3 Å². The monoisotopic (exact) mass is 496 g/mol. The Balaban J connectivity index is 0.906. The average Bonchev–Trinajstić information content (AvgIpc) is 3.60. The SMILES string of the molecule is c1cc2c(s1)c1sccc1n2CCCCCCCCCCn1c2ccsc2c2sccc21. The number of nitrogens with zero attached hydrogens (tertiary/aromatic N) is 2. The normalized spacial score (nSPS) is 12.4. The van der Waals surface area contributed by atoms with Crippen LogP contribution in [0.3, 0.4) is 0 Å². The van der Waals surface area contributed by atoms with Crippen LogP contribution in [-0.2, 0) is 13.1 Å². The lowest BCUT2D eigenvalue weighted by atomic mass is 10.1. The first kappa shape index (κ1) is 21.0. The molecule has 0 N–H and O–H groups in total. The zero-order chi connectivity index (χ0) is 21.3. The lowest BCUT2D eigenvalue weighted by Gasteiger charge is -2.07. The first-order valence-corrected chi connectivity index (χ1v) is 15.3. The second-order valence-electron chi connectivity index (χ2n) is 8.67. The fourth-order valence-corrected chi connectivity index (χ4v) is 9.03. The molecule has 0 unspecified atom stereocenters. The average molecular weight is 497 g/mol. The van der Waals surface area contributed by atoms with Crippen LogP contribution in [0.4, 0.5) is 0 Å². The topological polar surface area (TPSA) is 9.86 Å². The van der Waals surface area contributed by atoms with Gasteiger partial charge in [-0.15, -0.1) is 45.3 Å². The van der Waals surface area contributed by atoms with Gasteiger partial charge in [-0.1, -0.05) is 38.5 Å². The lowest BCUT2D eigenvalue weighted by molar-refractivity contribution is 0.536. The molecule has 6 rings (SSSR count). The molecule has 6 aromatic heterocycles. The third-order valence-corrected chi connectivity index (χ3v) is 10.6. The van der Waals surface area contributed by atoms with E-state index in [1.807, 2.05) is 45.3 Å². The van der Waals surface area contributed by atoms with Crippen molar-refractivity contribution in [3.63, 3.8) is 0 Å². The van der Waals surface area contributed by atoms with E-state index >= 15 is 0 Å². The third kappa shape index (κ3) is 3.75. The van der Waals surface area contributed by atoms with E-state index in [9.17, 15) is 0 Å². The van der Waals surface area contributed by atoms with Gasteiger partial charge in [-0.2, -0.15) is 0 Å². The Kier molecular flexibility index (Phi) is 6.12. The Morgan fingerprint density at radius 2 is 0.688 bits per heavy atom. The number of unbranched alkanes of at least 4 members (excludes halogenated alkanes) is 7. The molecule has 0 saturated heterocycles. The Hall–Kier alpha value is -1.60. The van der Waals surface area contributed by atoms with Crippen molar-refractivity contribution in [2.75, 3.05) is 0 Å². The molecule has 0 amide bonds. The van der Waals surface area contributed by atoms with Crippen molar-refractivity contribution >= 4 is 86.2 Å². The number of aromatic nitrogens is 2. The molecule has 0 aliphatic rings. The number of hydrogen-bond donors (Lipinski definition) is 0. The molecule has 0 bridgehead atoms. The summed E-state index contributed by atoms with van der Waals surface area (Å²) in [6.07, 6.45) is 10.8. The van der Waals surface area contributed by atoms with E-state index in [1.54, 1.807) is 0 Å². The van der Waals surface area contributed by atoms with E-state index in [-0.39, 0.29) is 0 Å².